The average Bonchev–Trinajstić information content (AvgIpc) is 2.68. The van der Waals surface area contributed by atoms with Gasteiger partial charge in [0.1, 0.15) is 0 Å². The van der Waals surface area contributed by atoms with Gasteiger partial charge in [0.15, 0.2) is 0 Å². The summed E-state index contributed by atoms with van der Waals surface area (Å²) in [6.07, 6.45) is 3.94. The van der Waals surface area contributed by atoms with Crippen LogP contribution in [0.1, 0.15) is 43.7 Å². The van der Waals surface area contributed by atoms with Crippen LogP contribution in [0.5, 0.6) is 0 Å². The van der Waals surface area contributed by atoms with Gasteiger partial charge in [-0.05, 0) is 44.0 Å². The minimum atomic E-state index is -0.463. The Hall–Kier alpha value is -2.13. The van der Waals surface area contributed by atoms with Crippen LogP contribution in [0.15, 0.2) is 60.7 Å². The summed E-state index contributed by atoms with van der Waals surface area (Å²) in [5.74, 6) is -0.138. The van der Waals surface area contributed by atoms with Crippen molar-refractivity contribution in [3.8, 4) is 0 Å². The highest BCUT2D eigenvalue weighted by Crippen LogP contribution is 2.41. The van der Waals surface area contributed by atoms with Gasteiger partial charge in [-0.25, -0.2) is 0 Å². The smallest absolute Gasteiger partial charge is 0.308 e. The second kappa shape index (κ2) is 8.30. The van der Waals surface area contributed by atoms with E-state index in [1.165, 1.54) is 19.3 Å². The van der Waals surface area contributed by atoms with Crippen molar-refractivity contribution in [1.29, 1.82) is 0 Å². The molecule has 2 aromatic carbocycles. The van der Waals surface area contributed by atoms with Crippen molar-refractivity contribution in [2.45, 2.75) is 38.1 Å². The lowest BCUT2D eigenvalue weighted by Crippen LogP contribution is -2.51. The van der Waals surface area contributed by atoms with Crippen molar-refractivity contribution in [2.24, 2.45) is 0 Å². The molecule has 132 valence electrons. The Balaban J connectivity index is 2.13. The number of nitrogens with zero attached hydrogens (tertiary/aromatic N) is 1. The molecule has 1 aliphatic rings. The van der Waals surface area contributed by atoms with Crippen molar-refractivity contribution >= 4 is 5.97 Å². The molecule has 2 aromatic rings. The first-order valence-corrected chi connectivity index (χ1v) is 9.29. The number of rotatable bonds is 6. The van der Waals surface area contributed by atoms with Gasteiger partial charge in [0.2, 0.25) is 0 Å². The van der Waals surface area contributed by atoms with Crippen molar-refractivity contribution in [3.63, 3.8) is 0 Å². The molecule has 3 nitrogen and oxygen atoms in total. The Morgan fingerprint density at radius 3 is 1.92 bits per heavy atom. The second-order valence-corrected chi connectivity index (χ2v) is 6.62. The summed E-state index contributed by atoms with van der Waals surface area (Å²) in [6, 6.07) is 20.8. The lowest BCUT2D eigenvalue weighted by atomic mass is 9.77. The van der Waals surface area contributed by atoms with E-state index in [1.807, 2.05) is 19.1 Å². The van der Waals surface area contributed by atoms with Gasteiger partial charge in [0.25, 0.3) is 0 Å². The molecule has 1 aliphatic heterocycles. The molecule has 0 amide bonds. The third-order valence-corrected chi connectivity index (χ3v) is 5.10. The predicted molar refractivity (Wildman–Crippen MR) is 100 cm³/mol. The van der Waals surface area contributed by atoms with E-state index in [0.29, 0.717) is 13.0 Å². The fourth-order valence-corrected chi connectivity index (χ4v) is 3.97. The van der Waals surface area contributed by atoms with E-state index in [0.717, 1.165) is 24.2 Å². The summed E-state index contributed by atoms with van der Waals surface area (Å²) >= 11 is 0. The quantitative estimate of drug-likeness (QED) is 0.733. The van der Waals surface area contributed by atoms with Crippen LogP contribution in [0.25, 0.3) is 0 Å². The standard InChI is InChI=1S/C22H27NO2/c1-2-25-21(24)18-22(19-12-6-3-7-13-19,20-14-8-4-9-15-20)23-16-10-5-11-17-23/h3-4,6-9,12-15H,2,5,10-11,16-18H2,1H3. The minimum absolute atomic E-state index is 0.138. The Labute approximate surface area is 150 Å². The number of hydrogen-bond donors (Lipinski definition) is 0. The summed E-state index contributed by atoms with van der Waals surface area (Å²) < 4.78 is 5.37. The first-order valence-electron chi connectivity index (χ1n) is 9.29. The number of carbonyl (C=O) groups is 1. The Bertz CT molecular complexity index is 623. The number of piperidine rings is 1. The maximum atomic E-state index is 12.6. The van der Waals surface area contributed by atoms with Gasteiger partial charge < -0.3 is 4.74 Å². The molecule has 0 radical (unpaired) electrons. The molecule has 0 aliphatic carbocycles. The number of benzene rings is 2. The molecular weight excluding hydrogens is 310 g/mol. The zero-order chi connectivity index (χ0) is 17.5. The molecule has 0 bridgehead atoms. The zero-order valence-electron chi connectivity index (χ0n) is 15.0. The van der Waals surface area contributed by atoms with Gasteiger partial charge in [0, 0.05) is 0 Å². The number of esters is 1. The molecule has 0 unspecified atom stereocenters. The maximum Gasteiger partial charge on any atom is 0.308 e. The summed E-state index contributed by atoms with van der Waals surface area (Å²) in [5.41, 5.74) is 1.86. The van der Waals surface area contributed by atoms with E-state index in [-0.39, 0.29) is 5.97 Å². The first kappa shape index (κ1) is 17.7. The molecular formula is C22H27NO2. The van der Waals surface area contributed by atoms with Gasteiger partial charge in [-0.15, -0.1) is 0 Å². The number of ether oxygens (including phenoxy) is 1. The maximum absolute atomic E-state index is 12.6. The van der Waals surface area contributed by atoms with Crippen molar-refractivity contribution < 1.29 is 9.53 Å². The van der Waals surface area contributed by atoms with E-state index < -0.39 is 5.54 Å². The summed E-state index contributed by atoms with van der Waals surface area (Å²) in [7, 11) is 0. The highest BCUT2D eigenvalue weighted by molar-refractivity contribution is 5.72. The Morgan fingerprint density at radius 2 is 1.44 bits per heavy atom. The lowest BCUT2D eigenvalue weighted by molar-refractivity contribution is -0.146. The lowest BCUT2D eigenvalue weighted by Gasteiger charge is -2.46. The molecule has 0 atom stereocenters. The van der Waals surface area contributed by atoms with Gasteiger partial charge >= 0.3 is 5.97 Å². The fraction of sp³-hybridized carbons (Fsp3) is 0.409. The monoisotopic (exact) mass is 337 g/mol. The van der Waals surface area contributed by atoms with Crippen LogP contribution in [-0.4, -0.2) is 30.6 Å². The van der Waals surface area contributed by atoms with Crippen molar-refractivity contribution in [3.05, 3.63) is 71.8 Å². The van der Waals surface area contributed by atoms with Gasteiger partial charge in [-0.1, -0.05) is 67.1 Å². The van der Waals surface area contributed by atoms with Crippen LogP contribution in [0.3, 0.4) is 0 Å². The van der Waals surface area contributed by atoms with Crippen molar-refractivity contribution in [1.82, 2.24) is 4.90 Å². The van der Waals surface area contributed by atoms with E-state index in [4.69, 9.17) is 4.74 Å². The normalized spacial score (nSPS) is 15.7. The van der Waals surface area contributed by atoms with Crippen LogP contribution in [0.2, 0.25) is 0 Å². The van der Waals surface area contributed by atoms with Crippen LogP contribution < -0.4 is 0 Å². The minimum Gasteiger partial charge on any atom is -0.466 e. The van der Waals surface area contributed by atoms with E-state index in [1.54, 1.807) is 0 Å². The van der Waals surface area contributed by atoms with Crippen LogP contribution in [-0.2, 0) is 15.1 Å². The zero-order valence-corrected chi connectivity index (χ0v) is 15.0. The molecule has 1 saturated heterocycles. The first-order chi connectivity index (χ1) is 12.3. The van der Waals surface area contributed by atoms with Gasteiger partial charge in [-0.3, -0.25) is 9.69 Å². The van der Waals surface area contributed by atoms with Crippen LogP contribution >= 0.6 is 0 Å². The largest absolute Gasteiger partial charge is 0.466 e. The molecule has 0 spiro atoms. The average molecular weight is 337 g/mol. The topological polar surface area (TPSA) is 29.5 Å². The predicted octanol–water partition coefficient (Wildman–Crippen LogP) is 4.37. The molecule has 1 fully saturated rings. The number of hydrogen-bond acceptors (Lipinski definition) is 3. The van der Waals surface area contributed by atoms with Crippen LogP contribution in [0.4, 0.5) is 0 Å². The highest BCUT2D eigenvalue weighted by atomic mass is 16.5. The van der Waals surface area contributed by atoms with E-state index in [2.05, 4.69) is 53.4 Å². The Morgan fingerprint density at radius 1 is 0.920 bits per heavy atom. The summed E-state index contributed by atoms with van der Waals surface area (Å²) in [5, 5.41) is 0. The molecule has 0 saturated carbocycles. The summed E-state index contributed by atoms with van der Waals surface area (Å²) in [6.45, 7) is 4.29. The van der Waals surface area contributed by atoms with E-state index in [9.17, 15) is 4.79 Å². The van der Waals surface area contributed by atoms with E-state index >= 15 is 0 Å². The summed E-state index contributed by atoms with van der Waals surface area (Å²) in [4.78, 5) is 15.1. The highest BCUT2D eigenvalue weighted by Gasteiger charge is 2.42. The molecule has 25 heavy (non-hydrogen) atoms. The fourth-order valence-electron chi connectivity index (χ4n) is 3.97. The van der Waals surface area contributed by atoms with Gasteiger partial charge in [-0.2, -0.15) is 0 Å². The molecule has 0 aromatic heterocycles. The third-order valence-electron chi connectivity index (χ3n) is 5.10. The SMILES string of the molecule is CCOC(=O)CC(c1ccccc1)(c1ccccc1)N1CCCCC1. The molecule has 1 heterocycles. The third kappa shape index (κ3) is 3.77. The Kier molecular flexibility index (Phi) is 5.87. The number of likely N-dealkylation sites (tertiary alicyclic amines) is 1. The number of carbonyl (C=O) groups excluding carboxylic acids is 1. The van der Waals surface area contributed by atoms with Crippen LogP contribution in [0, 0.1) is 0 Å². The second-order valence-electron chi connectivity index (χ2n) is 6.62. The molecule has 3 heteroatoms. The molecule has 3 rings (SSSR count). The van der Waals surface area contributed by atoms with Gasteiger partial charge in [0.05, 0.1) is 18.6 Å². The van der Waals surface area contributed by atoms with Crippen molar-refractivity contribution in [2.75, 3.05) is 19.7 Å². The molecule has 0 N–H and O–H groups in total.